The average Bonchev–Trinajstić information content (AvgIpc) is 3.59. The van der Waals surface area contributed by atoms with Crippen molar-refractivity contribution in [2.24, 2.45) is 17.8 Å². The van der Waals surface area contributed by atoms with Crippen LogP contribution in [0.1, 0.15) is 43.4 Å². The van der Waals surface area contributed by atoms with E-state index in [-0.39, 0.29) is 5.91 Å². The quantitative estimate of drug-likeness (QED) is 0.302. The summed E-state index contributed by atoms with van der Waals surface area (Å²) in [4.78, 5) is 12.6. The van der Waals surface area contributed by atoms with Crippen molar-refractivity contribution in [1.29, 1.82) is 0 Å². The molecule has 176 valence electrons. The minimum atomic E-state index is 0.106. The number of nitrogens with one attached hydrogen (secondary N) is 2. The first-order chi connectivity index (χ1) is 17.2. The number of fused-ring (bicyclic) bond motifs is 3. The van der Waals surface area contributed by atoms with Gasteiger partial charge in [0.2, 0.25) is 5.91 Å². The third-order valence-corrected chi connectivity index (χ3v) is 7.48. The lowest BCUT2D eigenvalue weighted by molar-refractivity contribution is -0.117. The Bertz CT molecular complexity index is 1370. The van der Waals surface area contributed by atoms with Crippen molar-refractivity contribution in [3.05, 3.63) is 84.1 Å². The van der Waals surface area contributed by atoms with Crippen LogP contribution in [0.4, 0.5) is 5.69 Å². The van der Waals surface area contributed by atoms with Crippen molar-refractivity contribution in [2.75, 3.05) is 5.32 Å². The lowest BCUT2D eigenvalue weighted by atomic mass is 9.86. The molecule has 0 saturated heterocycles. The third kappa shape index (κ3) is 4.85. The maximum absolute atomic E-state index is 12.6. The molecule has 6 rings (SSSR count). The largest absolute Gasteiger partial charge is 0.457 e. The van der Waals surface area contributed by atoms with Crippen LogP contribution in [-0.2, 0) is 4.79 Å². The van der Waals surface area contributed by atoms with Gasteiger partial charge in [0.05, 0.1) is 11.2 Å². The van der Waals surface area contributed by atoms with Crippen LogP contribution in [0.2, 0.25) is 0 Å². The van der Waals surface area contributed by atoms with Crippen LogP contribution >= 0.6 is 0 Å². The Morgan fingerprint density at radius 2 is 1.86 bits per heavy atom. The molecule has 2 aliphatic carbocycles. The smallest absolute Gasteiger partial charge is 0.224 e. The maximum atomic E-state index is 12.6. The minimum absolute atomic E-state index is 0.106. The van der Waals surface area contributed by atoms with Crippen molar-refractivity contribution < 1.29 is 9.53 Å². The summed E-state index contributed by atoms with van der Waals surface area (Å²) < 4.78 is 6.10. The van der Waals surface area contributed by atoms with E-state index in [0.717, 1.165) is 39.7 Å². The number of hydrogen-bond donors (Lipinski definition) is 2. The molecule has 3 unspecified atom stereocenters. The molecule has 3 atom stereocenters. The molecular weight excluding hydrogens is 434 g/mol. The Balaban J connectivity index is 1.11. The molecule has 1 aromatic heterocycles. The highest BCUT2D eigenvalue weighted by atomic mass is 16.5. The molecule has 0 aliphatic heterocycles. The van der Waals surface area contributed by atoms with E-state index in [1.807, 2.05) is 66.7 Å². The Labute approximate surface area is 205 Å². The van der Waals surface area contributed by atoms with Gasteiger partial charge in [-0.3, -0.25) is 9.89 Å². The molecule has 0 spiro atoms. The highest BCUT2D eigenvalue weighted by Gasteiger charge is 2.40. The fourth-order valence-electron chi connectivity index (χ4n) is 5.80. The lowest BCUT2D eigenvalue weighted by Gasteiger charge is -2.21. The topological polar surface area (TPSA) is 67.0 Å². The zero-order chi connectivity index (χ0) is 23.6. The van der Waals surface area contributed by atoms with Crippen LogP contribution in [0.15, 0.2) is 72.8 Å². The van der Waals surface area contributed by atoms with Crippen molar-refractivity contribution in [2.45, 2.75) is 32.1 Å². The number of rotatable bonds is 7. The Morgan fingerprint density at radius 3 is 2.69 bits per heavy atom. The monoisotopic (exact) mass is 463 g/mol. The fourth-order valence-corrected chi connectivity index (χ4v) is 5.80. The van der Waals surface area contributed by atoms with Gasteiger partial charge < -0.3 is 10.1 Å². The summed E-state index contributed by atoms with van der Waals surface area (Å²) >= 11 is 0. The second-order valence-electron chi connectivity index (χ2n) is 9.88. The van der Waals surface area contributed by atoms with Crippen LogP contribution in [0.3, 0.4) is 0 Å². The number of amides is 1. The SMILES string of the molecule is O=C(CC1CC2CCC1C2)Nc1cccc(Oc2ccc3c(/C=C/c4ccccc4)n[nH]c3c2)c1. The second-order valence-corrected chi connectivity index (χ2v) is 9.88. The summed E-state index contributed by atoms with van der Waals surface area (Å²) in [6, 6.07) is 23.7. The molecule has 2 fully saturated rings. The first-order valence-electron chi connectivity index (χ1n) is 12.5. The lowest BCUT2D eigenvalue weighted by Crippen LogP contribution is -2.20. The fraction of sp³-hybridized carbons (Fsp3) is 0.267. The van der Waals surface area contributed by atoms with Gasteiger partial charge in [0.25, 0.3) is 0 Å². The molecule has 3 aromatic carbocycles. The van der Waals surface area contributed by atoms with E-state index in [9.17, 15) is 4.79 Å². The first kappa shape index (κ1) is 21.7. The highest BCUT2D eigenvalue weighted by Crippen LogP contribution is 2.49. The molecular formula is C30H29N3O2. The number of hydrogen-bond acceptors (Lipinski definition) is 3. The number of H-pyrrole nitrogens is 1. The summed E-state index contributed by atoms with van der Waals surface area (Å²) in [7, 11) is 0. The number of anilines is 1. The zero-order valence-corrected chi connectivity index (χ0v) is 19.6. The van der Waals surface area contributed by atoms with Gasteiger partial charge in [0.15, 0.2) is 0 Å². The van der Waals surface area contributed by atoms with Gasteiger partial charge in [-0.2, -0.15) is 5.10 Å². The average molecular weight is 464 g/mol. The van der Waals surface area contributed by atoms with Crippen molar-refractivity contribution in [3.8, 4) is 11.5 Å². The van der Waals surface area contributed by atoms with Crippen molar-refractivity contribution in [1.82, 2.24) is 10.2 Å². The number of aromatic amines is 1. The zero-order valence-electron chi connectivity index (χ0n) is 19.6. The van der Waals surface area contributed by atoms with Crippen LogP contribution in [-0.4, -0.2) is 16.1 Å². The van der Waals surface area contributed by atoms with E-state index < -0.39 is 0 Å². The van der Waals surface area contributed by atoms with Gasteiger partial charge in [0.1, 0.15) is 11.5 Å². The van der Waals surface area contributed by atoms with E-state index in [4.69, 9.17) is 4.74 Å². The summed E-state index contributed by atoms with van der Waals surface area (Å²) in [5.41, 5.74) is 3.69. The van der Waals surface area contributed by atoms with Crippen LogP contribution in [0.5, 0.6) is 11.5 Å². The van der Waals surface area contributed by atoms with Crippen LogP contribution < -0.4 is 10.1 Å². The second kappa shape index (κ2) is 9.41. The number of benzene rings is 3. The maximum Gasteiger partial charge on any atom is 0.224 e. The molecule has 5 nitrogen and oxygen atoms in total. The van der Waals surface area contributed by atoms with Gasteiger partial charge >= 0.3 is 0 Å². The van der Waals surface area contributed by atoms with E-state index in [1.54, 1.807) is 0 Å². The summed E-state index contributed by atoms with van der Waals surface area (Å²) in [6.07, 6.45) is 9.90. The molecule has 2 N–H and O–H groups in total. The van der Waals surface area contributed by atoms with E-state index in [2.05, 4.69) is 33.7 Å². The predicted molar refractivity (Wildman–Crippen MR) is 140 cm³/mol. The Hall–Kier alpha value is -3.86. The van der Waals surface area contributed by atoms with E-state index in [1.165, 1.54) is 25.7 Å². The molecule has 1 heterocycles. The number of carbonyl (C=O) groups excluding carboxylic acids is 1. The van der Waals surface area contributed by atoms with Crippen LogP contribution in [0.25, 0.3) is 23.1 Å². The highest BCUT2D eigenvalue weighted by molar-refractivity contribution is 5.91. The van der Waals surface area contributed by atoms with Crippen molar-refractivity contribution >= 4 is 34.6 Å². The van der Waals surface area contributed by atoms with Gasteiger partial charge in [-0.25, -0.2) is 0 Å². The summed E-state index contributed by atoms with van der Waals surface area (Å²) in [6.45, 7) is 0. The standard InChI is InChI=1S/C30H29N3O2/c34-30(17-23-16-21-9-11-22(23)15-21)31-24-7-4-8-25(18-24)35-26-12-13-27-28(32-33-29(27)19-26)14-10-20-5-2-1-3-6-20/h1-8,10,12-14,18-19,21-23H,9,11,15-17H2,(H,31,34)(H,32,33)/b14-10+. The molecule has 5 heteroatoms. The number of ether oxygens (including phenoxy) is 1. The Kier molecular flexibility index (Phi) is 5.83. The predicted octanol–water partition coefficient (Wildman–Crippen LogP) is 7.29. The molecule has 0 radical (unpaired) electrons. The number of carbonyl (C=O) groups is 1. The molecule has 35 heavy (non-hydrogen) atoms. The van der Waals surface area contributed by atoms with Gasteiger partial charge in [-0.05, 0) is 72.9 Å². The van der Waals surface area contributed by atoms with Crippen LogP contribution in [0, 0.1) is 17.8 Å². The first-order valence-corrected chi connectivity index (χ1v) is 12.5. The van der Waals surface area contributed by atoms with Gasteiger partial charge in [-0.1, -0.05) is 48.9 Å². The summed E-state index contributed by atoms with van der Waals surface area (Å²) in [5.74, 6) is 3.68. The van der Waals surface area contributed by atoms with E-state index >= 15 is 0 Å². The van der Waals surface area contributed by atoms with Gasteiger partial charge in [-0.15, -0.1) is 0 Å². The van der Waals surface area contributed by atoms with E-state index in [0.29, 0.717) is 23.8 Å². The normalized spacial score (nSPS) is 21.1. The molecule has 4 aromatic rings. The molecule has 2 saturated carbocycles. The molecule has 1 amide bonds. The molecule has 2 aliphatic rings. The Morgan fingerprint density at radius 1 is 0.971 bits per heavy atom. The number of nitrogens with zero attached hydrogens (tertiary/aromatic N) is 1. The molecule has 2 bridgehead atoms. The summed E-state index contributed by atoms with van der Waals surface area (Å²) in [5, 5.41) is 11.6. The minimum Gasteiger partial charge on any atom is -0.457 e. The third-order valence-electron chi connectivity index (χ3n) is 7.48. The van der Waals surface area contributed by atoms with Crippen molar-refractivity contribution in [3.63, 3.8) is 0 Å². The number of aromatic nitrogens is 2. The van der Waals surface area contributed by atoms with Gasteiger partial charge in [0, 0.05) is 29.6 Å².